The second kappa shape index (κ2) is 7.57. The van der Waals surface area contributed by atoms with E-state index >= 15 is 0 Å². The Kier molecular flexibility index (Phi) is 6.38. The Morgan fingerprint density at radius 2 is 2.18 bits per heavy atom. The topological polar surface area (TPSA) is 108 Å². The van der Waals surface area contributed by atoms with Gasteiger partial charge in [0.05, 0.1) is 13.2 Å². The lowest BCUT2D eigenvalue weighted by atomic mass is 10.0. The summed E-state index contributed by atoms with van der Waals surface area (Å²) >= 11 is 0. The Balaban J connectivity index is 2.23. The normalized spacial score (nSPS) is 33.4. The number of carbonyl (C=O) groups excluding carboxylic acids is 1. The quantitative estimate of drug-likeness (QED) is 0.296. The van der Waals surface area contributed by atoms with Gasteiger partial charge >= 0.3 is 0 Å². The van der Waals surface area contributed by atoms with E-state index in [9.17, 15) is 15.0 Å². The van der Waals surface area contributed by atoms with E-state index in [-0.39, 0.29) is 13.2 Å². The summed E-state index contributed by atoms with van der Waals surface area (Å²) in [6.07, 6.45) is -2.37. The van der Waals surface area contributed by atoms with E-state index in [0.717, 1.165) is 0 Å². The molecule has 0 aromatic rings. The largest absolute Gasteiger partial charge is 0.394 e. The summed E-state index contributed by atoms with van der Waals surface area (Å²) in [5.41, 5.74) is 0. The highest BCUT2D eigenvalue weighted by Crippen LogP contribution is 2.17. The van der Waals surface area contributed by atoms with Gasteiger partial charge in [0.2, 0.25) is 6.41 Å². The van der Waals surface area contributed by atoms with E-state index in [2.05, 4.69) is 5.32 Å². The van der Waals surface area contributed by atoms with Crippen molar-refractivity contribution in [2.45, 2.75) is 30.8 Å². The molecule has 1 aliphatic rings. The average Bonchev–Trinajstić information content (AvgIpc) is 2.34. The van der Waals surface area contributed by atoms with Crippen LogP contribution in [0.5, 0.6) is 0 Å². The summed E-state index contributed by atoms with van der Waals surface area (Å²) in [4.78, 5) is 9.97. The van der Waals surface area contributed by atoms with E-state index < -0.39 is 24.4 Å². The van der Waals surface area contributed by atoms with E-state index in [0.29, 0.717) is 26.0 Å². The molecule has 0 unspecified atom stereocenters. The minimum Gasteiger partial charge on any atom is -0.394 e. The number of carbonyl (C=O) groups is 1. The van der Waals surface area contributed by atoms with Gasteiger partial charge in [-0.1, -0.05) is 0 Å². The van der Waals surface area contributed by atoms with Crippen LogP contribution in [0.3, 0.4) is 0 Å². The molecule has 100 valence electrons. The number of rotatable bonds is 7. The maximum Gasteiger partial charge on any atom is 0.207 e. The molecule has 1 rings (SSSR count). The first-order chi connectivity index (χ1) is 8.20. The smallest absolute Gasteiger partial charge is 0.207 e. The first kappa shape index (κ1) is 14.3. The van der Waals surface area contributed by atoms with E-state index in [1.54, 1.807) is 0 Å². The van der Waals surface area contributed by atoms with Crippen molar-refractivity contribution >= 4 is 6.41 Å². The Hall–Kier alpha value is -0.730. The molecule has 1 aliphatic heterocycles. The highest BCUT2D eigenvalue weighted by molar-refractivity contribution is 5.45. The van der Waals surface area contributed by atoms with Gasteiger partial charge in [-0.15, -0.1) is 0 Å². The van der Waals surface area contributed by atoms with Gasteiger partial charge in [-0.05, 0) is 6.42 Å². The number of hydrogen-bond donors (Lipinski definition) is 4. The molecule has 1 saturated heterocycles. The van der Waals surface area contributed by atoms with E-state index in [4.69, 9.17) is 14.6 Å². The lowest BCUT2D eigenvalue weighted by Gasteiger charge is -2.36. The first-order valence-corrected chi connectivity index (χ1v) is 5.58. The lowest BCUT2D eigenvalue weighted by molar-refractivity contribution is -0.208. The van der Waals surface area contributed by atoms with Gasteiger partial charge in [0.15, 0.2) is 0 Å². The van der Waals surface area contributed by atoms with Crippen molar-refractivity contribution in [3.63, 3.8) is 0 Å². The summed E-state index contributed by atoms with van der Waals surface area (Å²) in [6.45, 7) is 0.635. The second-order valence-electron chi connectivity index (χ2n) is 3.87. The average molecular weight is 249 g/mol. The maximum absolute atomic E-state index is 9.97. The first-order valence-electron chi connectivity index (χ1n) is 5.58. The zero-order valence-electron chi connectivity index (χ0n) is 9.49. The summed E-state index contributed by atoms with van der Waals surface area (Å²) in [5.74, 6) is 0. The van der Waals surface area contributed by atoms with Crippen LogP contribution in [0.25, 0.3) is 0 Å². The molecule has 7 heteroatoms. The molecule has 17 heavy (non-hydrogen) atoms. The van der Waals surface area contributed by atoms with Gasteiger partial charge < -0.3 is 30.1 Å². The summed E-state index contributed by atoms with van der Waals surface area (Å²) in [7, 11) is 0. The summed E-state index contributed by atoms with van der Waals surface area (Å²) in [5, 5.41) is 30.6. The number of ether oxygens (including phenoxy) is 2. The molecule has 4 atom stereocenters. The number of aliphatic hydroxyl groups excluding tert-OH is 3. The van der Waals surface area contributed by atoms with Gasteiger partial charge in [0.1, 0.15) is 24.4 Å². The highest BCUT2D eigenvalue weighted by Gasteiger charge is 2.38. The van der Waals surface area contributed by atoms with Crippen molar-refractivity contribution in [3.8, 4) is 0 Å². The van der Waals surface area contributed by atoms with Crippen LogP contribution < -0.4 is 5.32 Å². The van der Waals surface area contributed by atoms with Crippen LogP contribution >= 0.6 is 0 Å². The molecule has 1 heterocycles. The standard InChI is InChI=1S/C10H19NO6/c12-4-7-9(14)10(15)8(5-17-7)16-3-1-2-11-6-13/h6-10,12,14-15H,1-5H2,(H,11,13)/t7-,8+,9-,10-/m1/s1. The molecule has 0 bridgehead atoms. The predicted octanol–water partition coefficient (Wildman–Crippen LogP) is -2.38. The number of aliphatic hydroxyl groups is 3. The van der Waals surface area contributed by atoms with E-state index in [1.807, 2.05) is 0 Å². The van der Waals surface area contributed by atoms with Gasteiger partial charge in [-0.25, -0.2) is 0 Å². The minimum atomic E-state index is -1.15. The van der Waals surface area contributed by atoms with Crippen molar-refractivity contribution in [1.29, 1.82) is 0 Å². The molecule has 0 aromatic carbocycles. The van der Waals surface area contributed by atoms with Crippen LogP contribution in [-0.2, 0) is 14.3 Å². The Bertz CT molecular complexity index is 227. The van der Waals surface area contributed by atoms with Gasteiger partial charge in [0, 0.05) is 13.2 Å². The van der Waals surface area contributed by atoms with E-state index in [1.165, 1.54) is 0 Å². The molecular weight excluding hydrogens is 230 g/mol. The van der Waals surface area contributed by atoms with Crippen LogP contribution in [0.15, 0.2) is 0 Å². The predicted molar refractivity (Wildman–Crippen MR) is 57.3 cm³/mol. The third-order valence-electron chi connectivity index (χ3n) is 2.65. The monoisotopic (exact) mass is 249 g/mol. The van der Waals surface area contributed by atoms with Crippen molar-refractivity contribution in [2.24, 2.45) is 0 Å². The molecule has 4 N–H and O–H groups in total. The number of nitrogens with one attached hydrogen (secondary N) is 1. The zero-order chi connectivity index (χ0) is 12.7. The molecular formula is C10H19NO6. The third-order valence-corrected chi connectivity index (χ3v) is 2.65. The van der Waals surface area contributed by atoms with Crippen LogP contribution in [0.1, 0.15) is 6.42 Å². The minimum absolute atomic E-state index is 0.130. The molecule has 0 radical (unpaired) electrons. The van der Waals surface area contributed by atoms with Gasteiger partial charge in [-0.2, -0.15) is 0 Å². The van der Waals surface area contributed by atoms with Gasteiger partial charge in [-0.3, -0.25) is 4.79 Å². The lowest BCUT2D eigenvalue weighted by Crippen LogP contribution is -2.55. The molecule has 1 fully saturated rings. The zero-order valence-corrected chi connectivity index (χ0v) is 9.49. The summed E-state index contributed by atoms with van der Waals surface area (Å²) in [6, 6.07) is 0. The molecule has 0 saturated carbocycles. The molecule has 0 aliphatic carbocycles. The molecule has 1 amide bonds. The van der Waals surface area contributed by atoms with Crippen molar-refractivity contribution in [1.82, 2.24) is 5.32 Å². The van der Waals surface area contributed by atoms with Crippen LogP contribution in [-0.4, -0.2) is 72.5 Å². The summed E-state index contributed by atoms with van der Waals surface area (Å²) < 4.78 is 10.5. The van der Waals surface area contributed by atoms with Crippen LogP contribution in [0.4, 0.5) is 0 Å². The molecule has 7 nitrogen and oxygen atoms in total. The Labute approximate surface area is 99.3 Å². The SMILES string of the molecule is O=CNCCCO[C@H]1CO[C@H](CO)[C@@H](O)[C@@H]1O. The van der Waals surface area contributed by atoms with Crippen molar-refractivity contribution in [2.75, 3.05) is 26.4 Å². The van der Waals surface area contributed by atoms with Crippen LogP contribution in [0, 0.1) is 0 Å². The molecule has 0 aromatic heterocycles. The Morgan fingerprint density at radius 3 is 2.82 bits per heavy atom. The van der Waals surface area contributed by atoms with Crippen molar-refractivity contribution in [3.05, 3.63) is 0 Å². The Morgan fingerprint density at radius 1 is 1.41 bits per heavy atom. The number of amides is 1. The molecule has 0 spiro atoms. The van der Waals surface area contributed by atoms with Crippen LogP contribution in [0.2, 0.25) is 0 Å². The number of hydrogen-bond acceptors (Lipinski definition) is 6. The maximum atomic E-state index is 9.97. The fourth-order valence-electron chi connectivity index (χ4n) is 1.63. The highest BCUT2D eigenvalue weighted by atomic mass is 16.6. The fourth-order valence-corrected chi connectivity index (χ4v) is 1.63. The third kappa shape index (κ3) is 4.21. The fraction of sp³-hybridized carbons (Fsp3) is 0.900. The van der Waals surface area contributed by atoms with Gasteiger partial charge in [0.25, 0.3) is 0 Å². The van der Waals surface area contributed by atoms with Crippen molar-refractivity contribution < 1.29 is 29.6 Å². The second-order valence-corrected chi connectivity index (χ2v) is 3.87.